The third-order valence-electron chi connectivity index (χ3n) is 2.77. The number of aromatic nitrogens is 2. The Hall–Kier alpha value is -1.32. The second-order valence-electron chi connectivity index (χ2n) is 6.84. The molecule has 0 aliphatic heterocycles. The number of carbonyl (C=O) groups is 1. The molecule has 0 spiro atoms. The molecule has 0 unspecified atom stereocenters. The van der Waals surface area contributed by atoms with Crippen molar-refractivity contribution in [3.63, 3.8) is 0 Å². The molecule has 1 aromatic heterocycles. The Morgan fingerprint density at radius 2 is 2.05 bits per heavy atom. The van der Waals surface area contributed by atoms with E-state index in [9.17, 15) is 4.79 Å². The molecule has 0 aliphatic rings. The van der Waals surface area contributed by atoms with Crippen LogP contribution in [0.4, 0.5) is 0 Å². The highest BCUT2D eigenvalue weighted by Gasteiger charge is 2.13. The lowest BCUT2D eigenvalue weighted by molar-refractivity contribution is -0.122. The summed E-state index contributed by atoms with van der Waals surface area (Å²) >= 11 is 0. The molecule has 0 saturated heterocycles. The van der Waals surface area contributed by atoms with Gasteiger partial charge in [-0.2, -0.15) is 0 Å². The van der Waals surface area contributed by atoms with Crippen LogP contribution in [0.1, 0.15) is 46.1 Å². The lowest BCUT2D eigenvalue weighted by atomic mass is 9.97. The van der Waals surface area contributed by atoms with Crippen molar-refractivity contribution in [2.24, 2.45) is 11.3 Å². The van der Waals surface area contributed by atoms with Crippen molar-refractivity contribution in [2.75, 3.05) is 6.54 Å². The summed E-state index contributed by atoms with van der Waals surface area (Å²) in [7, 11) is 0. The fourth-order valence-corrected chi connectivity index (χ4v) is 1.83. The van der Waals surface area contributed by atoms with Crippen molar-refractivity contribution >= 4 is 5.91 Å². The third kappa shape index (κ3) is 5.90. The monoisotopic (exact) mass is 265 g/mol. The van der Waals surface area contributed by atoms with Crippen LogP contribution >= 0.6 is 0 Å². The SMILES string of the molecule is Cc1nc(CC(C)C)cn1CC(=O)NCC(C)(C)C. The molecule has 1 rings (SSSR count). The van der Waals surface area contributed by atoms with E-state index >= 15 is 0 Å². The van der Waals surface area contributed by atoms with E-state index in [0.717, 1.165) is 17.9 Å². The van der Waals surface area contributed by atoms with Crippen LogP contribution < -0.4 is 5.32 Å². The van der Waals surface area contributed by atoms with Gasteiger partial charge >= 0.3 is 0 Å². The quantitative estimate of drug-likeness (QED) is 0.889. The van der Waals surface area contributed by atoms with Crippen LogP contribution in [0.5, 0.6) is 0 Å². The first-order valence-corrected chi connectivity index (χ1v) is 6.97. The molecule has 1 heterocycles. The maximum Gasteiger partial charge on any atom is 0.240 e. The minimum Gasteiger partial charge on any atom is -0.354 e. The number of carbonyl (C=O) groups excluding carboxylic acids is 1. The number of nitrogens with zero attached hydrogens (tertiary/aromatic N) is 2. The second kappa shape index (κ2) is 6.22. The number of hydrogen-bond acceptors (Lipinski definition) is 2. The number of amides is 1. The summed E-state index contributed by atoms with van der Waals surface area (Å²) in [6.45, 7) is 13.7. The molecule has 4 heteroatoms. The first-order valence-electron chi connectivity index (χ1n) is 6.97. The van der Waals surface area contributed by atoms with E-state index in [2.05, 4.69) is 44.9 Å². The topological polar surface area (TPSA) is 46.9 Å². The standard InChI is InChI=1S/C15H27N3O/c1-11(2)7-13-8-18(12(3)17-13)9-14(19)16-10-15(4,5)6/h8,11H,7,9-10H2,1-6H3,(H,16,19). The van der Waals surface area contributed by atoms with Gasteiger partial charge in [0, 0.05) is 12.7 Å². The summed E-state index contributed by atoms with van der Waals surface area (Å²) in [5, 5.41) is 2.96. The summed E-state index contributed by atoms with van der Waals surface area (Å²) in [6.07, 6.45) is 2.95. The summed E-state index contributed by atoms with van der Waals surface area (Å²) < 4.78 is 1.93. The molecule has 19 heavy (non-hydrogen) atoms. The lowest BCUT2D eigenvalue weighted by Gasteiger charge is -2.18. The van der Waals surface area contributed by atoms with Gasteiger partial charge in [0.25, 0.3) is 0 Å². The van der Waals surface area contributed by atoms with E-state index in [-0.39, 0.29) is 11.3 Å². The van der Waals surface area contributed by atoms with Crippen LogP contribution in [0.15, 0.2) is 6.20 Å². The molecule has 0 aromatic carbocycles. The Morgan fingerprint density at radius 1 is 1.42 bits per heavy atom. The first-order chi connectivity index (χ1) is 8.67. The molecule has 0 aliphatic carbocycles. The summed E-state index contributed by atoms with van der Waals surface area (Å²) in [6, 6.07) is 0. The predicted molar refractivity (Wildman–Crippen MR) is 78.0 cm³/mol. The molecule has 4 nitrogen and oxygen atoms in total. The molecule has 0 saturated carbocycles. The molecule has 1 amide bonds. The Kier molecular flexibility index (Phi) is 5.15. The fraction of sp³-hybridized carbons (Fsp3) is 0.733. The molecule has 0 atom stereocenters. The predicted octanol–water partition coefficient (Wildman–Crippen LogP) is 2.55. The molecular weight excluding hydrogens is 238 g/mol. The van der Waals surface area contributed by atoms with Crippen molar-refractivity contribution in [3.8, 4) is 0 Å². The van der Waals surface area contributed by atoms with Gasteiger partial charge in [0.1, 0.15) is 12.4 Å². The number of hydrogen-bond donors (Lipinski definition) is 1. The second-order valence-corrected chi connectivity index (χ2v) is 6.84. The van der Waals surface area contributed by atoms with Crippen molar-refractivity contribution in [1.29, 1.82) is 0 Å². The first kappa shape index (κ1) is 15.7. The maximum absolute atomic E-state index is 11.9. The number of aryl methyl sites for hydroxylation is 1. The molecule has 1 aromatic rings. The van der Waals surface area contributed by atoms with E-state index in [1.165, 1.54) is 0 Å². The van der Waals surface area contributed by atoms with E-state index < -0.39 is 0 Å². The van der Waals surface area contributed by atoms with Gasteiger partial charge in [-0.05, 0) is 24.7 Å². The highest BCUT2D eigenvalue weighted by Crippen LogP contribution is 2.11. The zero-order chi connectivity index (χ0) is 14.6. The molecule has 0 bridgehead atoms. The smallest absolute Gasteiger partial charge is 0.240 e. The fourth-order valence-electron chi connectivity index (χ4n) is 1.83. The number of nitrogens with one attached hydrogen (secondary N) is 1. The van der Waals surface area contributed by atoms with Crippen molar-refractivity contribution < 1.29 is 4.79 Å². The average molecular weight is 265 g/mol. The molecule has 1 N–H and O–H groups in total. The summed E-state index contributed by atoms with van der Waals surface area (Å²) in [5.74, 6) is 1.53. The van der Waals surface area contributed by atoms with Crippen molar-refractivity contribution in [2.45, 2.75) is 54.5 Å². The van der Waals surface area contributed by atoms with Gasteiger partial charge < -0.3 is 9.88 Å². The van der Waals surface area contributed by atoms with Crippen molar-refractivity contribution in [1.82, 2.24) is 14.9 Å². The van der Waals surface area contributed by atoms with Crippen LogP contribution in [-0.4, -0.2) is 22.0 Å². The molecule has 0 fully saturated rings. The van der Waals surface area contributed by atoms with E-state index in [1.54, 1.807) is 0 Å². The van der Waals surface area contributed by atoms with E-state index in [1.807, 2.05) is 17.7 Å². The third-order valence-corrected chi connectivity index (χ3v) is 2.77. The van der Waals surface area contributed by atoms with Crippen LogP contribution in [0.25, 0.3) is 0 Å². The van der Waals surface area contributed by atoms with Gasteiger partial charge in [-0.1, -0.05) is 34.6 Å². The Balaban J connectivity index is 2.57. The molecule has 0 radical (unpaired) electrons. The zero-order valence-electron chi connectivity index (χ0n) is 13.1. The zero-order valence-corrected chi connectivity index (χ0v) is 13.1. The van der Waals surface area contributed by atoms with Gasteiger partial charge in [0.15, 0.2) is 0 Å². The van der Waals surface area contributed by atoms with Crippen LogP contribution in [0, 0.1) is 18.3 Å². The summed E-state index contributed by atoms with van der Waals surface area (Å²) in [4.78, 5) is 16.4. The lowest BCUT2D eigenvalue weighted by Crippen LogP contribution is -2.34. The Bertz CT molecular complexity index is 427. The minimum absolute atomic E-state index is 0.0477. The maximum atomic E-state index is 11.9. The normalized spacial score (nSPS) is 11.9. The van der Waals surface area contributed by atoms with Crippen LogP contribution in [0.3, 0.4) is 0 Å². The number of rotatable bonds is 5. The van der Waals surface area contributed by atoms with Crippen molar-refractivity contribution in [3.05, 3.63) is 17.7 Å². The summed E-state index contributed by atoms with van der Waals surface area (Å²) in [5.41, 5.74) is 1.18. The highest BCUT2D eigenvalue weighted by atomic mass is 16.1. The van der Waals surface area contributed by atoms with Crippen LogP contribution in [-0.2, 0) is 17.8 Å². The van der Waals surface area contributed by atoms with Gasteiger partial charge in [0.05, 0.1) is 5.69 Å². The highest BCUT2D eigenvalue weighted by molar-refractivity contribution is 5.75. The van der Waals surface area contributed by atoms with Crippen LogP contribution in [0.2, 0.25) is 0 Å². The molecule has 108 valence electrons. The Morgan fingerprint density at radius 3 is 2.58 bits per heavy atom. The number of imidazole rings is 1. The van der Waals surface area contributed by atoms with Gasteiger partial charge in [0.2, 0.25) is 5.91 Å². The van der Waals surface area contributed by atoms with E-state index in [4.69, 9.17) is 0 Å². The van der Waals surface area contributed by atoms with E-state index in [0.29, 0.717) is 19.0 Å². The van der Waals surface area contributed by atoms with Gasteiger partial charge in [-0.25, -0.2) is 4.98 Å². The average Bonchev–Trinajstić information content (AvgIpc) is 2.54. The largest absolute Gasteiger partial charge is 0.354 e. The van der Waals surface area contributed by atoms with Gasteiger partial charge in [-0.15, -0.1) is 0 Å². The Labute approximate surface area is 116 Å². The molecular formula is C15H27N3O. The minimum atomic E-state index is 0.0477. The van der Waals surface area contributed by atoms with Gasteiger partial charge in [-0.3, -0.25) is 4.79 Å².